The van der Waals surface area contributed by atoms with E-state index in [4.69, 9.17) is 23.2 Å². The Morgan fingerprint density at radius 1 is 0.800 bits per heavy atom. The van der Waals surface area contributed by atoms with Crippen LogP contribution in [-0.4, -0.2) is 4.33 Å². The third-order valence-electron chi connectivity index (χ3n) is 1.59. The lowest BCUT2D eigenvalue weighted by atomic mass is 10.00. The Labute approximate surface area is 84.5 Å². The van der Waals surface area contributed by atoms with Gasteiger partial charge in [-0.2, -0.15) is 0 Å². The van der Waals surface area contributed by atoms with Gasteiger partial charge in [-0.15, -0.1) is 48.0 Å². The van der Waals surface area contributed by atoms with Gasteiger partial charge in [-0.3, -0.25) is 0 Å². The number of rotatable bonds is 0. The molecule has 0 aliphatic heterocycles. The smallest absolute Gasteiger partial charge is 0.118 e. The van der Waals surface area contributed by atoms with Crippen LogP contribution in [0.3, 0.4) is 0 Å². The van der Waals surface area contributed by atoms with Crippen LogP contribution in [0.4, 0.5) is 0 Å². The molecule has 1 aliphatic carbocycles. The Balaban J connectivity index is 0. The normalized spacial score (nSPS) is 22.2. The van der Waals surface area contributed by atoms with Gasteiger partial charge in [-0.25, -0.2) is 0 Å². The van der Waals surface area contributed by atoms with Crippen molar-refractivity contribution in [3.8, 4) is 0 Å². The zero-order valence-electron chi connectivity index (χ0n) is 5.61. The monoisotopic (exact) mass is 224 g/mol. The van der Waals surface area contributed by atoms with E-state index in [0.29, 0.717) is 0 Å². The highest BCUT2D eigenvalue weighted by Crippen LogP contribution is 2.37. The Kier molecular flexibility index (Phi) is 7.92. The third-order valence-corrected chi connectivity index (χ3v) is 2.34. The summed E-state index contributed by atoms with van der Waals surface area (Å²) in [5.74, 6) is 0. The van der Waals surface area contributed by atoms with Crippen LogP contribution in [0.1, 0.15) is 32.1 Å². The summed E-state index contributed by atoms with van der Waals surface area (Å²) in [6, 6.07) is 0. The highest BCUT2D eigenvalue weighted by molar-refractivity contribution is 6.48. The van der Waals surface area contributed by atoms with E-state index in [-0.39, 0.29) is 29.1 Å². The molecule has 1 saturated carbocycles. The van der Waals surface area contributed by atoms with Gasteiger partial charge >= 0.3 is 0 Å². The molecule has 0 bridgehead atoms. The van der Waals surface area contributed by atoms with Gasteiger partial charge in [0.2, 0.25) is 0 Å². The molecule has 0 N–H and O–H groups in total. The minimum Gasteiger partial charge on any atom is -0.147 e. The molecule has 1 rings (SSSR count). The molecule has 64 valence electrons. The van der Waals surface area contributed by atoms with Crippen LogP contribution < -0.4 is 0 Å². The van der Waals surface area contributed by atoms with Crippen LogP contribution in [0.5, 0.6) is 0 Å². The van der Waals surface area contributed by atoms with Crippen molar-refractivity contribution in [1.29, 1.82) is 0 Å². The Morgan fingerprint density at radius 3 is 1.40 bits per heavy atom. The fourth-order valence-corrected chi connectivity index (χ4v) is 1.60. The zero-order chi connectivity index (χ0) is 6.04. The van der Waals surface area contributed by atoms with Gasteiger partial charge in [-0.1, -0.05) is 19.3 Å². The predicted octanol–water partition coefficient (Wildman–Crippen LogP) is 3.97. The zero-order valence-corrected chi connectivity index (χ0v) is 8.75. The molecule has 1 aliphatic rings. The van der Waals surface area contributed by atoms with Crippen LogP contribution in [0.25, 0.3) is 0 Å². The van der Waals surface area contributed by atoms with Gasteiger partial charge in [-0.05, 0) is 12.8 Å². The van der Waals surface area contributed by atoms with Crippen molar-refractivity contribution in [3.05, 3.63) is 0 Å². The van der Waals surface area contributed by atoms with Crippen molar-refractivity contribution < 1.29 is 0 Å². The summed E-state index contributed by atoms with van der Waals surface area (Å²) >= 11 is 11.7. The van der Waals surface area contributed by atoms with Gasteiger partial charge in [0, 0.05) is 0 Å². The van der Waals surface area contributed by atoms with Crippen LogP contribution in [0.2, 0.25) is 0 Å². The molecule has 0 saturated heterocycles. The van der Waals surface area contributed by atoms with E-state index >= 15 is 0 Å². The first-order valence-electron chi connectivity index (χ1n) is 3.09. The lowest BCUT2D eigenvalue weighted by Crippen LogP contribution is -2.16. The summed E-state index contributed by atoms with van der Waals surface area (Å²) in [6.07, 6.45) is 5.67. The van der Waals surface area contributed by atoms with E-state index in [1.807, 2.05) is 0 Å². The quantitative estimate of drug-likeness (QED) is 0.548. The summed E-state index contributed by atoms with van der Waals surface area (Å²) in [6.45, 7) is 0. The molecule has 0 atom stereocenters. The van der Waals surface area contributed by atoms with Gasteiger partial charge in [0.25, 0.3) is 0 Å². The average Bonchev–Trinajstić information content (AvgIpc) is 1.65. The average molecular weight is 226 g/mol. The van der Waals surface area contributed by atoms with Crippen LogP contribution in [0, 0.1) is 0 Å². The van der Waals surface area contributed by atoms with Crippen LogP contribution >= 0.6 is 48.0 Å². The van der Waals surface area contributed by atoms with E-state index < -0.39 is 0 Å². The van der Waals surface area contributed by atoms with Gasteiger partial charge in [0.05, 0.1) is 0 Å². The van der Waals surface area contributed by atoms with Crippen molar-refractivity contribution in [1.82, 2.24) is 0 Å². The van der Waals surface area contributed by atoms with E-state index in [1.165, 1.54) is 19.3 Å². The standard InChI is InChI=1S/C6H10Cl2.2ClH/c7-6(8)4-2-1-3-5-6;;/h1-5H2;2*1H. The van der Waals surface area contributed by atoms with E-state index in [9.17, 15) is 0 Å². The summed E-state index contributed by atoms with van der Waals surface area (Å²) in [5.41, 5.74) is 0. The molecule has 1 fully saturated rings. The molecular formula is C6H12Cl4. The van der Waals surface area contributed by atoms with Gasteiger partial charge in [0.15, 0.2) is 0 Å². The molecule has 0 radical (unpaired) electrons. The fraction of sp³-hybridized carbons (Fsp3) is 1.00. The van der Waals surface area contributed by atoms with Crippen molar-refractivity contribution in [2.75, 3.05) is 0 Å². The molecule has 0 spiro atoms. The molecular weight excluding hydrogens is 214 g/mol. The second kappa shape index (κ2) is 5.77. The highest BCUT2D eigenvalue weighted by Gasteiger charge is 2.25. The number of alkyl halides is 2. The first kappa shape index (κ1) is 13.7. The Morgan fingerprint density at radius 2 is 1.20 bits per heavy atom. The summed E-state index contributed by atoms with van der Waals surface area (Å²) in [7, 11) is 0. The first-order valence-corrected chi connectivity index (χ1v) is 3.84. The van der Waals surface area contributed by atoms with Crippen molar-refractivity contribution in [3.63, 3.8) is 0 Å². The summed E-state index contributed by atoms with van der Waals surface area (Å²) < 4.78 is -0.377. The maximum absolute atomic E-state index is 5.84. The molecule has 4 heteroatoms. The summed E-state index contributed by atoms with van der Waals surface area (Å²) in [4.78, 5) is 0. The number of hydrogen-bond donors (Lipinski definition) is 0. The fourth-order valence-electron chi connectivity index (χ4n) is 1.07. The lowest BCUT2D eigenvalue weighted by molar-refractivity contribution is 0.478. The number of hydrogen-bond acceptors (Lipinski definition) is 0. The molecule has 0 heterocycles. The number of halogens is 4. The van der Waals surface area contributed by atoms with Crippen molar-refractivity contribution in [2.45, 2.75) is 36.4 Å². The highest BCUT2D eigenvalue weighted by atomic mass is 35.5. The molecule has 0 unspecified atom stereocenters. The molecule has 0 amide bonds. The minimum absolute atomic E-state index is 0. The second-order valence-corrected chi connectivity index (χ2v) is 4.06. The van der Waals surface area contributed by atoms with Crippen molar-refractivity contribution in [2.24, 2.45) is 0 Å². The molecule has 10 heavy (non-hydrogen) atoms. The largest absolute Gasteiger partial charge is 0.147 e. The predicted molar refractivity (Wildman–Crippen MR) is 52.0 cm³/mol. The SMILES string of the molecule is Cl.Cl.ClC1(Cl)CCCCC1. The molecule has 0 aromatic heterocycles. The van der Waals surface area contributed by atoms with Crippen molar-refractivity contribution >= 4 is 48.0 Å². The summed E-state index contributed by atoms with van der Waals surface area (Å²) in [5, 5.41) is 0. The lowest BCUT2D eigenvalue weighted by Gasteiger charge is -2.23. The third kappa shape index (κ3) is 4.90. The molecule has 0 aromatic carbocycles. The Hall–Kier alpha value is 1.16. The molecule has 0 nitrogen and oxygen atoms in total. The van der Waals surface area contributed by atoms with Crippen LogP contribution in [-0.2, 0) is 0 Å². The van der Waals surface area contributed by atoms with Gasteiger partial charge < -0.3 is 0 Å². The molecule has 0 aromatic rings. The van der Waals surface area contributed by atoms with Gasteiger partial charge in [0.1, 0.15) is 4.33 Å². The minimum atomic E-state index is -0.377. The maximum atomic E-state index is 5.84. The first-order chi connectivity index (χ1) is 3.71. The van der Waals surface area contributed by atoms with E-state index in [0.717, 1.165) is 12.8 Å². The van der Waals surface area contributed by atoms with E-state index in [1.54, 1.807) is 0 Å². The maximum Gasteiger partial charge on any atom is 0.118 e. The van der Waals surface area contributed by atoms with E-state index in [2.05, 4.69) is 0 Å². The topological polar surface area (TPSA) is 0 Å². The second-order valence-electron chi connectivity index (χ2n) is 2.42. The Bertz CT molecular complexity index is 73.8. The van der Waals surface area contributed by atoms with Crippen LogP contribution in [0.15, 0.2) is 0 Å².